The van der Waals surface area contributed by atoms with Crippen LogP contribution in [0.1, 0.15) is 35.3 Å². The summed E-state index contributed by atoms with van der Waals surface area (Å²) < 4.78 is 19.2. The maximum Gasteiger partial charge on any atom is 0.318 e. The summed E-state index contributed by atoms with van der Waals surface area (Å²) in [6, 6.07) is 9.65. The Morgan fingerprint density at radius 3 is 2.61 bits per heavy atom. The van der Waals surface area contributed by atoms with E-state index in [4.69, 9.17) is 10.5 Å². The number of carbonyl (C=O) groups excluding carboxylic acids is 1. The van der Waals surface area contributed by atoms with Gasteiger partial charge in [0.15, 0.2) is 0 Å². The molecule has 0 unspecified atom stereocenters. The normalized spacial score (nSPS) is 13.2. The molecule has 8 nitrogen and oxygen atoms in total. The zero-order valence-electron chi connectivity index (χ0n) is 18.8. The summed E-state index contributed by atoms with van der Waals surface area (Å²) in [6.07, 6.45) is 2.20. The quantitative estimate of drug-likeness (QED) is 0.328. The van der Waals surface area contributed by atoms with Crippen LogP contribution in [-0.4, -0.2) is 29.8 Å². The molecule has 0 radical (unpaired) electrons. The molecule has 9 heteroatoms. The van der Waals surface area contributed by atoms with Crippen LogP contribution in [0, 0.1) is 22.9 Å². The number of anilines is 2. The topological polar surface area (TPSA) is 120 Å². The van der Waals surface area contributed by atoms with Crippen LogP contribution in [0.3, 0.4) is 0 Å². The third kappa shape index (κ3) is 4.77. The second-order valence-electron chi connectivity index (χ2n) is 8.27. The molecule has 172 valence electrons. The minimum Gasteiger partial charge on any atom is -0.492 e. The van der Waals surface area contributed by atoms with E-state index in [-0.39, 0.29) is 22.5 Å². The summed E-state index contributed by atoms with van der Waals surface area (Å²) in [4.78, 5) is 24.8. The molecule has 0 atom stereocenters. The van der Waals surface area contributed by atoms with Crippen LogP contribution in [0.2, 0.25) is 0 Å². The number of pyridine rings is 1. The molecule has 3 aromatic rings. The van der Waals surface area contributed by atoms with E-state index in [0.717, 1.165) is 12.0 Å². The summed E-state index contributed by atoms with van der Waals surface area (Å²) >= 11 is 0. The molecule has 0 fully saturated rings. The Morgan fingerprint density at radius 1 is 1.24 bits per heavy atom. The molecular weight excluding hydrogens is 427 g/mol. The highest BCUT2D eigenvalue weighted by atomic mass is 19.1. The number of aromatic nitrogens is 1. The lowest BCUT2D eigenvalue weighted by Crippen LogP contribution is -2.18. The van der Waals surface area contributed by atoms with Crippen molar-refractivity contribution in [2.24, 2.45) is 0 Å². The van der Waals surface area contributed by atoms with Gasteiger partial charge in [0, 0.05) is 35.5 Å². The van der Waals surface area contributed by atoms with E-state index in [1.165, 1.54) is 30.0 Å². The number of carbonyl (C=O) groups is 1. The van der Waals surface area contributed by atoms with Gasteiger partial charge in [-0.1, -0.05) is 26.0 Å². The summed E-state index contributed by atoms with van der Waals surface area (Å²) in [7, 11) is 1.65. The molecule has 33 heavy (non-hydrogen) atoms. The largest absolute Gasteiger partial charge is 0.492 e. The number of nitrogens with one attached hydrogen (secondary N) is 1. The molecule has 1 aromatic heterocycles. The van der Waals surface area contributed by atoms with E-state index in [1.54, 1.807) is 20.0 Å². The summed E-state index contributed by atoms with van der Waals surface area (Å²) in [6.45, 7) is 6.73. The third-order valence-electron chi connectivity index (χ3n) is 5.53. The smallest absolute Gasteiger partial charge is 0.318 e. The Labute approximate surface area is 190 Å². The second kappa shape index (κ2) is 9.23. The number of nitrogens with zero attached hydrogens (tertiary/aromatic N) is 2. The Morgan fingerprint density at radius 2 is 1.97 bits per heavy atom. The molecule has 0 bridgehead atoms. The number of hydrogen-bond donors (Lipinski definition) is 2. The monoisotopic (exact) mass is 452 g/mol. The first-order valence-corrected chi connectivity index (χ1v) is 10.2. The molecule has 2 aromatic carbocycles. The molecule has 0 amide bonds. The van der Waals surface area contributed by atoms with Gasteiger partial charge in [0.05, 0.1) is 17.1 Å². The highest BCUT2D eigenvalue weighted by Crippen LogP contribution is 2.39. The average molecular weight is 452 g/mol. The predicted molar refractivity (Wildman–Crippen MR) is 125 cm³/mol. The number of rotatable bonds is 4. The van der Waals surface area contributed by atoms with Gasteiger partial charge in [-0.15, -0.1) is 0 Å². The average Bonchev–Trinajstić information content (AvgIpc) is 3.09. The lowest BCUT2D eigenvalue weighted by atomic mass is 9.87. The van der Waals surface area contributed by atoms with Gasteiger partial charge < -0.3 is 15.8 Å². The van der Waals surface area contributed by atoms with Gasteiger partial charge in [0.25, 0.3) is 0 Å². The van der Waals surface area contributed by atoms with Gasteiger partial charge >= 0.3 is 5.69 Å². The maximum atomic E-state index is 13.7. The van der Waals surface area contributed by atoms with E-state index >= 15 is 0 Å². The number of fused-ring (bicyclic) bond motifs is 1. The van der Waals surface area contributed by atoms with Crippen LogP contribution in [0.25, 0.3) is 11.1 Å². The van der Waals surface area contributed by atoms with Gasteiger partial charge in [-0.3, -0.25) is 14.9 Å². The van der Waals surface area contributed by atoms with E-state index < -0.39 is 10.7 Å². The van der Waals surface area contributed by atoms with E-state index in [1.807, 2.05) is 12.1 Å². The number of aldehydes is 1. The van der Waals surface area contributed by atoms with Gasteiger partial charge in [0.1, 0.15) is 17.9 Å². The number of nitro groups is 1. The first-order valence-electron chi connectivity index (χ1n) is 10.2. The minimum atomic E-state index is -0.610. The van der Waals surface area contributed by atoms with Crippen molar-refractivity contribution in [1.29, 1.82) is 0 Å². The fraction of sp³-hybridized carbons (Fsp3) is 0.250. The molecular formula is C24H25FN4O4. The van der Waals surface area contributed by atoms with Crippen LogP contribution in [0.15, 0.2) is 42.6 Å². The second-order valence-corrected chi connectivity index (χ2v) is 8.27. The summed E-state index contributed by atoms with van der Waals surface area (Å²) in [5.74, 6) is 0.177. The molecule has 0 saturated carbocycles. The Hall–Kier alpha value is -4.01. The van der Waals surface area contributed by atoms with Crippen molar-refractivity contribution >= 4 is 23.5 Å². The molecule has 0 spiro atoms. The van der Waals surface area contributed by atoms with Crippen molar-refractivity contribution in [3.63, 3.8) is 0 Å². The Kier molecular flexibility index (Phi) is 6.62. The predicted octanol–water partition coefficient (Wildman–Crippen LogP) is 4.90. The molecule has 1 aliphatic heterocycles. The third-order valence-corrected chi connectivity index (χ3v) is 5.53. The lowest BCUT2D eigenvalue weighted by molar-refractivity contribution is -0.383. The first kappa shape index (κ1) is 23.6. The van der Waals surface area contributed by atoms with Crippen molar-refractivity contribution in [2.75, 3.05) is 24.7 Å². The highest BCUT2D eigenvalue weighted by molar-refractivity contribution is 5.83. The molecule has 0 aliphatic carbocycles. The van der Waals surface area contributed by atoms with Crippen molar-refractivity contribution in [2.45, 2.75) is 26.2 Å². The fourth-order valence-electron chi connectivity index (χ4n) is 3.72. The zero-order valence-corrected chi connectivity index (χ0v) is 18.8. The molecule has 1 aliphatic rings. The van der Waals surface area contributed by atoms with Crippen molar-refractivity contribution in [3.8, 4) is 16.9 Å². The Balaban J connectivity index is 0.000000203. The van der Waals surface area contributed by atoms with E-state index in [0.29, 0.717) is 29.0 Å². The van der Waals surface area contributed by atoms with Crippen LogP contribution in [0.5, 0.6) is 5.75 Å². The highest BCUT2D eigenvalue weighted by Gasteiger charge is 2.31. The van der Waals surface area contributed by atoms with Gasteiger partial charge in [-0.2, -0.15) is 0 Å². The first-order chi connectivity index (χ1) is 15.6. The standard InChI is InChI=1S/C13H13FN4O2.C11H12O2/c1-7-10(5-8(14)6-11(7)16-2)9-3-4-17-13(15)12(9)18(19)20;1-11(2)7-13-10-5-8(6-12)3-4-9(10)11/h3-6,16H,1-2H3,(H2,15,17);3-6H,7H2,1-2H3. The number of hydrogen-bond acceptors (Lipinski definition) is 7. The van der Waals surface area contributed by atoms with Crippen molar-refractivity contribution in [1.82, 2.24) is 4.98 Å². The van der Waals surface area contributed by atoms with Gasteiger partial charge in [-0.05, 0) is 42.3 Å². The molecule has 2 heterocycles. The van der Waals surface area contributed by atoms with Crippen LogP contribution < -0.4 is 15.8 Å². The van der Waals surface area contributed by atoms with Gasteiger partial charge in [-0.25, -0.2) is 9.37 Å². The number of ether oxygens (including phenoxy) is 1. The van der Waals surface area contributed by atoms with E-state index in [9.17, 15) is 19.3 Å². The maximum absolute atomic E-state index is 13.7. The van der Waals surface area contributed by atoms with Crippen molar-refractivity contribution in [3.05, 3.63) is 75.2 Å². The zero-order chi connectivity index (χ0) is 24.3. The van der Waals surface area contributed by atoms with Crippen LogP contribution in [-0.2, 0) is 5.41 Å². The van der Waals surface area contributed by atoms with Crippen LogP contribution >= 0.6 is 0 Å². The number of nitrogens with two attached hydrogens (primary N) is 1. The Bertz CT molecular complexity index is 1230. The fourth-order valence-corrected chi connectivity index (χ4v) is 3.72. The summed E-state index contributed by atoms with van der Waals surface area (Å²) in [5.41, 5.74) is 9.11. The van der Waals surface area contributed by atoms with E-state index in [2.05, 4.69) is 24.1 Å². The summed E-state index contributed by atoms with van der Waals surface area (Å²) in [5, 5.41) is 14.0. The van der Waals surface area contributed by atoms with Crippen molar-refractivity contribution < 1.29 is 18.8 Å². The molecule has 4 rings (SSSR count). The number of nitrogen functional groups attached to an aromatic ring is 1. The van der Waals surface area contributed by atoms with Crippen LogP contribution in [0.4, 0.5) is 21.6 Å². The molecule has 3 N–H and O–H groups in total. The minimum absolute atomic E-state index is 0.0801. The number of halogens is 1. The number of benzene rings is 2. The van der Waals surface area contributed by atoms with Gasteiger partial charge in [0.2, 0.25) is 5.82 Å². The lowest BCUT2D eigenvalue weighted by Gasteiger charge is -2.14. The molecule has 0 saturated heterocycles. The SMILES string of the molecule is CC1(C)COc2cc(C=O)ccc21.CNc1cc(F)cc(-c2ccnc(N)c2[N+](=O)[O-])c1C.